The molecule has 0 aliphatic heterocycles. The third-order valence-corrected chi connectivity index (χ3v) is 7.33. The fourth-order valence-electron chi connectivity index (χ4n) is 4.67. The summed E-state index contributed by atoms with van der Waals surface area (Å²) < 4.78 is 6.08. The number of aryl methyl sites for hydroxylation is 3. The Labute approximate surface area is 192 Å². The first kappa shape index (κ1) is 21.2. The Kier molecular flexibility index (Phi) is 7.53. The lowest BCUT2D eigenvalue weighted by atomic mass is 9.95. The smallest absolute Gasteiger partial charge is 0.119 e. The molecule has 0 N–H and O–H groups in total. The van der Waals surface area contributed by atoms with E-state index in [1.165, 1.54) is 66.3 Å². The van der Waals surface area contributed by atoms with Gasteiger partial charge in [0, 0.05) is 10.7 Å². The van der Waals surface area contributed by atoms with Gasteiger partial charge in [0.05, 0.1) is 6.61 Å². The molecule has 0 fully saturated rings. The minimum Gasteiger partial charge on any atom is -0.494 e. The maximum atomic E-state index is 6.08. The van der Waals surface area contributed by atoms with E-state index in [9.17, 15) is 0 Å². The summed E-state index contributed by atoms with van der Waals surface area (Å²) in [6.45, 7) is 0.817. The number of fused-ring (bicyclic) bond motifs is 2. The van der Waals surface area contributed by atoms with Crippen LogP contribution in [0.3, 0.4) is 0 Å². The van der Waals surface area contributed by atoms with Crippen molar-refractivity contribution in [3.05, 3.63) is 64.2 Å². The summed E-state index contributed by atoms with van der Waals surface area (Å²) >= 11 is 7.07. The molecule has 0 saturated carbocycles. The Morgan fingerprint density at radius 2 is 1.38 bits per heavy atom. The van der Waals surface area contributed by atoms with Gasteiger partial charge in [0.2, 0.25) is 0 Å². The second kappa shape index (κ2) is 10.3. The Hall–Kier alpha value is -1.06. The second-order valence-corrected chi connectivity index (χ2v) is 9.74. The van der Waals surface area contributed by atoms with Gasteiger partial charge in [-0.1, -0.05) is 56.1 Å². The molecule has 4 rings (SSSR count). The number of allylic oxidation sites excluding steroid dienone is 2. The van der Waals surface area contributed by atoms with Crippen LogP contribution in [-0.2, 0) is 19.3 Å². The Morgan fingerprint density at radius 3 is 2.10 bits per heavy atom. The van der Waals surface area contributed by atoms with Gasteiger partial charge in [-0.2, -0.15) is 0 Å². The van der Waals surface area contributed by atoms with E-state index < -0.39 is 0 Å². The summed E-state index contributed by atoms with van der Waals surface area (Å²) in [5, 5.41) is 2.16. The van der Waals surface area contributed by atoms with Crippen molar-refractivity contribution in [3.8, 4) is 5.75 Å². The molecule has 3 heteroatoms. The van der Waals surface area contributed by atoms with Gasteiger partial charge >= 0.3 is 0 Å². The molecule has 0 unspecified atom stereocenters. The van der Waals surface area contributed by atoms with Crippen molar-refractivity contribution >= 4 is 43.0 Å². The zero-order valence-electron chi connectivity index (χ0n) is 17.1. The predicted molar refractivity (Wildman–Crippen MR) is 132 cm³/mol. The lowest BCUT2D eigenvalue weighted by Gasteiger charge is -2.12. The largest absolute Gasteiger partial charge is 0.494 e. The van der Waals surface area contributed by atoms with Gasteiger partial charge in [-0.3, -0.25) is 0 Å². The average Bonchev–Trinajstić information content (AvgIpc) is 3.35. The normalized spacial score (nSPS) is 17.4. The highest BCUT2D eigenvalue weighted by molar-refractivity contribution is 9.09. The molecule has 2 aliphatic carbocycles. The molecule has 2 aromatic rings. The maximum Gasteiger partial charge on any atom is 0.119 e. The van der Waals surface area contributed by atoms with Crippen LogP contribution in [0.4, 0.5) is 0 Å². The number of rotatable bonds is 9. The van der Waals surface area contributed by atoms with Gasteiger partial charge in [-0.05, 0) is 109 Å². The Bertz CT molecular complexity index is 884. The van der Waals surface area contributed by atoms with Crippen molar-refractivity contribution in [2.75, 3.05) is 17.3 Å². The third kappa shape index (κ3) is 4.99. The minimum atomic E-state index is 0.817. The van der Waals surface area contributed by atoms with Crippen molar-refractivity contribution < 1.29 is 4.74 Å². The average molecular weight is 518 g/mol. The molecular formula is C26H30Br2O. The predicted octanol–water partition coefficient (Wildman–Crippen LogP) is 7.76. The third-order valence-electron chi connectivity index (χ3n) is 6.20. The van der Waals surface area contributed by atoms with Gasteiger partial charge < -0.3 is 4.74 Å². The molecule has 0 aromatic heterocycles. The fourth-order valence-corrected chi connectivity index (χ4v) is 5.35. The van der Waals surface area contributed by atoms with Gasteiger partial charge in [0.25, 0.3) is 0 Å². The molecule has 29 heavy (non-hydrogen) atoms. The molecule has 154 valence electrons. The molecule has 1 nitrogen and oxygen atoms in total. The molecule has 0 bridgehead atoms. The Morgan fingerprint density at radius 1 is 0.690 bits per heavy atom. The van der Waals surface area contributed by atoms with Crippen molar-refractivity contribution in [1.29, 1.82) is 0 Å². The number of benzene rings is 2. The molecule has 0 amide bonds. The molecule has 0 spiro atoms. The van der Waals surface area contributed by atoms with E-state index in [0.29, 0.717) is 0 Å². The first-order valence-electron chi connectivity index (χ1n) is 11.0. The highest BCUT2D eigenvalue weighted by Crippen LogP contribution is 2.44. The highest BCUT2D eigenvalue weighted by atomic mass is 79.9. The van der Waals surface area contributed by atoms with Gasteiger partial charge in [-0.15, -0.1) is 0 Å². The van der Waals surface area contributed by atoms with Crippen molar-refractivity contribution in [2.45, 2.75) is 57.8 Å². The molecule has 0 atom stereocenters. The van der Waals surface area contributed by atoms with E-state index in [4.69, 9.17) is 4.74 Å². The van der Waals surface area contributed by atoms with Crippen LogP contribution in [0.5, 0.6) is 5.75 Å². The number of halogens is 2. The van der Waals surface area contributed by atoms with Crippen LogP contribution in [0.25, 0.3) is 11.1 Å². The second-order valence-electron chi connectivity index (χ2n) is 8.16. The number of hydrogen-bond donors (Lipinski definition) is 0. The first-order chi connectivity index (χ1) is 14.3. The molecule has 0 radical (unpaired) electrons. The topological polar surface area (TPSA) is 9.23 Å². The van der Waals surface area contributed by atoms with E-state index in [1.54, 1.807) is 11.1 Å². The molecule has 0 heterocycles. The molecule has 0 saturated heterocycles. The van der Waals surface area contributed by atoms with E-state index in [0.717, 1.165) is 42.3 Å². The summed E-state index contributed by atoms with van der Waals surface area (Å²) in [5.41, 5.74) is 10.6. The van der Waals surface area contributed by atoms with Crippen molar-refractivity contribution in [3.63, 3.8) is 0 Å². The monoisotopic (exact) mass is 516 g/mol. The van der Waals surface area contributed by atoms with Crippen LogP contribution in [0, 0.1) is 0 Å². The maximum absolute atomic E-state index is 6.08. The number of unbranched alkanes of at least 4 members (excludes halogenated alkanes) is 2. The van der Waals surface area contributed by atoms with Gasteiger partial charge in [0.1, 0.15) is 5.75 Å². The zero-order chi connectivity index (χ0) is 20.1. The van der Waals surface area contributed by atoms with Crippen molar-refractivity contribution in [2.24, 2.45) is 0 Å². The lowest BCUT2D eigenvalue weighted by Crippen LogP contribution is -1.98. The van der Waals surface area contributed by atoms with Gasteiger partial charge in [-0.25, -0.2) is 0 Å². The van der Waals surface area contributed by atoms with Crippen LogP contribution in [0.2, 0.25) is 0 Å². The minimum absolute atomic E-state index is 0.817. The zero-order valence-corrected chi connectivity index (χ0v) is 20.3. The van der Waals surface area contributed by atoms with E-state index in [1.807, 2.05) is 0 Å². The van der Waals surface area contributed by atoms with Crippen LogP contribution < -0.4 is 4.74 Å². The number of alkyl halides is 2. The first-order valence-corrected chi connectivity index (χ1v) is 13.3. The molecule has 2 aliphatic rings. The standard InChI is InChI=1S/C26H30Br2O/c27-14-2-1-3-16-29-22-11-8-21-10-13-24(26(21)18-22)23-12-9-20-7-6-19(5-4-15-28)17-25(20)23/h6-8,11,17-18H,1-5,9-10,12-16H2/b24-23-. The quantitative estimate of drug-likeness (QED) is 0.244. The van der Waals surface area contributed by atoms with E-state index in [2.05, 4.69) is 68.3 Å². The molecule has 2 aromatic carbocycles. The fraction of sp³-hybridized carbons (Fsp3) is 0.462. The molecular weight excluding hydrogens is 488 g/mol. The summed E-state index contributed by atoms with van der Waals surface area (Å²) in [5.74, 6) is 1.03. The number of ether oxygens (including phenoxy) is 1. The van der Waals surface area contributed by atoms with Gasteiger partial charge in [0.15, 0.2) is 0 Å². The van der Waals surface area contributed by atoms with E-state index >= 15 is 0 Å². The summed E-state index contributed by atoms with van der Waals surface area (Å²) in [4.78, 5) is 0. The van der Waals surface area contributed by atoms with Crippen LogP contribution in [-0.4, -0.2) is 17.3 Å². The summed E-state index contributed by atoms with van der Waals surface area (Å²) in [6.07, 6.45) is 10.6. The van der Waals surface area contributed by atoms with E-state index in [-0.39, 0.29) is 0 Å². The summed E-state index contributed by atoms with van der Waals surface area (Å²) in [6, 6.07) is 13.9. The lowest BCUT2D eigenvalue weighted by molar-refractivity contribution is 0.306. The summed E-state index contributed by atoms with van der Waals surface area (Å²) in [7, 11) is 0. The highest BCUT2D eigenvalue weighted by Gasteiger charge is 2.25. The van der Waals surface area contributed by atoms with Crippen LogP contribution >= 0.6 is 31.9 Å². The van der Waals surface area contributed by atoms with Crippen molar-refractivity contribution in [1.82, 2.24) is 0 Å². The number of hydrogen-bond acceptors (Lipinski definition) is 1. The van der Waals surface area contributed by atoms with Crippen LogP contribution in [0.15, 0.2) is 36.4 Å². The van der Waals surface area contributed by atoms with Crippen LogP contribution in [0.1, 0.15) is 66.3 Å². The SMILES string of the molecule is BrCCCCCOc1ccc2c(c1)/C(=C1/CCc3ccc(CCCBr)cc31)CC2. The Balaban J connectivity index is 1.56.